The summed E-state index contributed by atoms with van der Waals surface area (Å²) in [4.78, 5) is 26.5. The van der Waals surface area contributed by atoms with Gasteiger partial charge in [-0.3, -0.25) is 9.36 Å². The highest BCUT2D eigenvalue weighted by atomic mass is 32.1. The van der Waals surface area contributed by atoms with Gasteiger partial charge in [-0.1, -0.05) is 0 Å². The van der Waals surface area contributed by atoms with Crippen molar-refractivity contribution in [2.75, 3.05) is 0 Å². The van der Waals surface area contributed by atoms with Crippen LogP contribution in [0.1, 0.15) is 15.2 Å². The fourth-order valence-corrected chi connectivity index (χ4v) is 2.05. The Morgan fingerprint density at radius 2 is 2.25 bits per heavy atom. The van der Waals surface area contributed by atoms with Crippen molar-refractivity contribution in [2.24, 2.45) is 0 Å². The molecule has 0 aliphatic rings. The quantitative estimate of drug-likeness (QED) is 0.853. The number of rotatable bonds is 2. The Kier molecular flexibility index (Phi) is 2.57. The van der Waals surface area contributed by atoms with Gasteiger partial charge >= 0.3 is 5.97 Å². The van der Waals surface area contributed by atoms with Crippen molar-refractivity contribution >= 4 is 17.3 Å². The van der Waals surface area contributed by atoms with Crippen LogP contribution in [0.25, 0.3) is 5.00 Å². The summed E-state index contributed by atoms with van der Waals surface area (Å²) in [6.07, 6.45) is 2.60. The first-order valence-corrected chi connectivity index (χ1v) is 5.28. The first-order chi connectivity index (χ1) is 7.58. The molecule has 0 fully saturated rings. The van der Waals surface area contributed by atoms with E-state index in [0.717, 1.165) is 9.88 Å². The first-order valence-electron chi connectivity index (χ1n) is 4.46. The summed E-state index contributed by atoms with van der Waals surface area (Å²) in [5, 5.41) is 9.62. The number of nitrogens with zero attached hydrogens (tertiary/aromatic N) is 2. The molecule has 0 saturated carbocycles. The summed E-state index contributed by atoms with van der Waals surface area (Å²) in [6.45, 7) is 1.95. The van der Waals surface area contributed by atoms with Crippen LogP contribution in [0.5, 0.6) is 0 Å². The molecule has 0 bridgehead atoms. The zero-order valence-electron chi connectivity index (χ0n) is 8.38. The number of thiophene rings is 1. The molecule has 0 spiro atoms. The lowest BCUT2D eigenvalue weighted by Gasteiger charge is -2.02. The Morgan fingerprint density at radius 1 is 1.50 bits per heavy atom. The van der Waals surface area contributed by atoms with Gasteiger partial charge in [-0.25, -0.2) is 4.79 Å². The minimum Gasteiger partial charge on any atom is -0.477 e. The van der Waals surface area contributed by atoms with Gasteiger partial charge in [0.05, 0.1) is 0 Å². The number of aryl methyl sites for hydroxylation is 1. The first kappa shape index (κ1) is 10.6. The minimum atomic E-state index is -1.26. The SMILES string of the molecule is Cc1ccc(-n2cnc(=O)c(C(=O)O)c2)s1. The third-order valence-corrected chi connectivity index (χ3v) is 3.02. The Morgan fingerprint density at radius 3 is 2.81 bits per heavy atom. The van der Waals surface area contributed by atoms with E-state index >= 15 is 0 Å². The Labute approximate surface area is 94.6 Å². The lowest BCUT2D eigenvalue weighted by molar-refractivity contribution is 0.0694. The van der Waals surface area contributed by atoms with Crippen LogP contribution in [0.3, 0.4) is 0 Å². The van der Waals surface area contributed by atoms with E-state index in [1.54, 1.807) is 0 Å². The molecule has 0 atom stereocenters. The molecule has 0 amide bonds. The summed E-state index contributed by atoms with van der Waals surface area (Å²) >= 11 is 1.50. The number of carboxylic acids is 1. The molecule has 0 radical (unpaired) electrons. The van der Waals surface area contributed by atoms with Gasteiger partial charge in [0.15, 0.2) is 0 Å². The molecule has 2 aromatic rings. The zero-order chi connectivity index (χ0) is 11.7. The maximum atomic E-state index is 11.1. The van der Waals surface area contributed by atoms with Gasteiger partial charge in [0.25, 0.3) is 5.56 Å². The van der Waals surface area contributed by atoms with Crippen LogP contribution in [0.2, 0.25) is 0 Å². The molecule has 82 valence electrons. The second-order valence-electron chi connectivity index (χ2n) is 3.19. The Bertz CT molecular complexity index is 600. The van der Waals surface area contributed by atoms with E-state index in [1.165, 1.54) is 28.4 Å². The number of carbonyl (C=O) groups is 1. The number of aromatic nitrogens is 2. The molecular formula is C10H8N2O3S. The zero-order valence-corrected chi connectivity index (χ0v) is 9.19. The summed E-state index contributed by atoms with van der Waals surface area (Å²) in [5.41, 5.74) is -1.05. The molecule has 6 heteroatoms. The van der Waals surface area contributed by atoms with E-state index in [-0.39, 0.29) is 5.56 Å². The van der Waals surface area contributed by atoms with Crippen molar-refractivity contribution < 1.29 is 9.90 Å². The lowest BCUT2D eigenvalue weighted by atomic mass is 10.3. The lowest BCUT2D eigenvalue weighted by Crippen LogP contribution is -2.19. The van der Waals surface area contributed by atoms with Gasteiger partial charge in [0.2, 0.25) is 0 Å². The van der Waals surface area contributed by atoms with Crippen LogP contribution >= 0.6 is 11.3 Å². The largest absolute Gasteiger partial charge is 0.477 e. The highest BCUT2D eigenvalue weighted by Gasteiger charge is 2.10. The minimum absolute atomic E-state index is 0.325. The van der Waals surface area contributed by atoms with Crippen LogP contribution in [-0.4, -0.2) is 20.6 Å². The molecule has 1 N–H and O–H groups in total. The average molecular weight is 236 g/mol. The average Bonchev–Trinajstić information content (AvgIpc) is 2.65. The van der Waals surface area contributed by atoms with Gasteiger partial charge in [-0.15, -0.1) is 11.3 Å². The number of carboxylic acid groups (broad SMARTS) is 1. The molecule has 0 saturated heterocycles. The van der Waals surface area contributed by atoms with E-state index in [1.807, 2.05) is 19.1 Å². The van der Waals surface area contributed by atoms with Gasteiger partial charge in [-0.2, -0.15) is 4.98 Å². The second kappa shape index (κ2) is 3.90. The maximum absolute atomic E-state index is 11.1. The Balaban J connectivity index is 2.55. The summed E-state index contributed by atoms with van der Waals surface area (Å²) < 4.78 is 1.53. The topological polar surface area (TPSA) is 72.2 Å². The summed E-state index contributed by atoms with van der Waals surface area (Å²) in [7, 11) is 0. The molecule has 16 heavy (non-hydrogen) atoms. The molecule has 5 nitrogen and oxygen atoms in total. The van der Waals surface area contributed by atoms with E-state index < -0.39 is 11.5 Å². The van der Waals surface area contributed by atoms with Gasteiger partial charge < -0.3 is 5.11 Å². The van der Waals surface area contributed by atoms with Crippen LogP contribution in [0, 0.1) is 6.92 Å². The van der Waals surface area contributed by atoms with Crippen LogP contribution in [0.4, 0.5) is 0 Å². The van der Waals surface area contributed by atoms with Gasteiger partial charge in [0, 0.05) is 11.1 Å². The summed E-state index contributed by atoms with van der Waals surface area (Å²) in [5.74, 6) is -1.26. The third-order valence-electron chi connectivity index (χ3n) is 2.01. The van der Waals surface area contributed by atoms with Crippen molar-refractivity contribution in [1.82, 2.24) is 9.55 Å². The van der Waals surface area contributed by atoms with Crippen molar-refractivity contribution in [3.63, 3.8) is 0 Å². The molecule has 0 aliphatic heterocycles. The highest BCUT2D eigenvalue weighted by Crippen LogP contribution is 2.18. The predicted octanol–water partition coefficient (Wildman–Crippen LogP) is 1.30. The number of aromatic carboxylic acids is 1. The van der Waals surface area contributed by atoms with E-state index in [2.05, 4.69) is 4.98 Å². The van der Waals surface area contributed by atoms with E-state index in [0.29, 0.717) is 0 Å². The smallest absolute Gasteiger partial charge is 0.342 e. The third kappa shape index (κ3) is 1.87. The van der Waals surface area contributed by atoms with Crippen LogP contribution in [0.15, 0.2) is 29.5 Å². The van der Waals surface area contributed by atoms with Crippen LogP contribution < -0.4 is 5.56 Å². The second-order valence-corrected chi connectivity index (χ2v) is 4.46. The monoisotopic (exact) mass is 236 g/mol. The van der Waals surface area contributed by atoms with E-state index in [4.69, 9.17) is 5.11 Å². The standard InChI is InChI=1S/C10H8N2O3S/c1-6-2-3-8(16-6)12-4-7(10(14)15)9(13)11-5-12/h2-5H,1H3,(H,14,15). The molecule has 0 aliphatic carbocycles. The van der Waals surface area contributed by atoms with Crippen LogP contribution in [-0.2, 0) is 0 Å². The molecule has 2 aromatic heterocycles. The highest BCUT2D eigenvalue weighted by molar-refractivity contribution is 7.14. The van der Waals surface area contributed by atoms with Crippen molar-refractivity contribution in [2.45, 2.75) is 6.92 Å². The number of hydrogen-bond donors (Lipinski definition) is 1. The van der Waals surface area contributed by atoms with E-state index in [9.17, 15) is 9.59 Å². The Hall–Kier alpha value is -1.95. The summed E-state index contributed by atoms with van der Waals surface area (Å²) in [6, 6.07) is 3.76. The maximum Gasteiger partial charge on any atom is 0.342 e. The fourth-order valence-electron chi connectivity index (χ4n) is 1.24. The molecule has 0 unspecified atom stereocenters. The van der Waals surface area contributed by atoms with Crippen molar-refractivity contribution in [3.8, 4) is 5.00 Å². The normalized spacial score (nSPS) is 10.3. The van der Waals surface area contributed by atoms with Gasteiger partial charge in [-0.05, 0) is 19.1 Å². The molecule has 0 aromatic carbocycles. The van der Waals surface area contributed by atoms with Gasteiger partial charge in [0.1, 0.15) is 16.9 Å². The fraction of sp³-hybridized carbons (Fsp3) is 0.100. The molecule has 2 rings (SSSR count). The number of hydrogen-bond acceptors (Lipinski definition) is 4. The van der Waals surface area contributed by atoms with Crippen molar-refractivity contribution in [3.05, 3.63) is 45.5 Å². The van der Waals surface area contributed by atoms with Crippen molar-refractivity contribution in [1.29, 1.82) is 0 Å². The predicted molar refractivity (Wildman–Crippen MR) is 59.4 cm³/mol. The molecular weight excluding hydrogens is 228 g/mol. The molecule has 2 heterocycles.